The van der Waals surface area contributed by atoms with E-state index in [4.69, 9.17) is 9.68 Å². The van der Waals surface area contributed by atoms with E-state index in [-0.39, 0.29) is 10.6 Å². The smallest absolute Gasteiger partial charge is 0.242 e. The molecule has 1 N–H and O–H groups in total. The molecule has 2 rings (SSSR count). The minimum atomic E-state index is -3.70. The number of sulfonamides is 1. The second-order valence-electron chi connectivity index (χ2n) is 4.70. The van der Waals surface area contributed by atoms with Gasteiger partial charge >= 0.3 is 0 Å². The van der Waals surface area contributed by atoms with Gasteiger partial charge in [0.05, 0.1) is 0 Å². The van der Waals surface area contributed by atoms with E-state index in [9.17, 15) is 8.42 Å². The van der Waals surface area contributed by atoms with E-state index in [1.54, 1.807) is 19.9 Å². The summed E-state index contributed by atoms with van der Waals surface area (Å²) in [7, 11) is -3.70. The van der Waals surface area contributed by atoms with Crippen LogP contribution in [0.4, 0.5) is 0 Å². The third-order valence-corrected chi connectivity index (χ3v) is 4.56. The van der Waals surface area contributed by atoms with Crippen LogP contribution in [0.5, 0.6) is 0 Å². The number of aryl methyl sites for hydroxylation is 2. The van der Waals surface area contributed by atoms with E-state index < -0.39 is 16.1 Å². The van der Waals surface area contributed by atoms with Gasteiger partial charge in [-0.25, -0.2) is 18.1 Å². The van der Waals surface area contributed by atoms with Crippen molar-refractivity contribution < 1.29 is 12.8 Å². The van der Waals surface area contributed by atoms with Crippen LogP contribution in [-0.2, 0) is 10.0 Å². The Balaban J connectivity index is 2.24. The molecule has 0 spiro atoms. The van der Waals surface area contributed by atoms with Crippen LogP contribution in [0.15, 0.2) is 33.7 Å². The SMILES string of the molecule is Cc1cc(C(C)NS(=O)(=O)c2ccc(C#N)nc2)c(C)o1. The van der Waals surface area contributed by atoms with Crippen LogP contribution in [0.25, 0.3) is 0 Å². The van der Waals surface area contributed by atoms with Crippen molar-refractivity contribution in [3.8, 4) is 6.07 Å². The van der Waals surface area contributed by atoms with E-state index in [1.807, 2.05) is 13.0 Å². The first kappa shape index (κ1) is 15.2. The Morgan fingerprint density at radius 1 is 1.38 bits per heavy atom. The summed E-state index contributed by atoms with van der Waals surface area (Å²) in [5.74, 6) is 1.41. The van der Waals surface area contributed by atoms with Gasteiger partial charge in [0.25, 0.3) is 0 Å². The van der Waals surface area contributed by atoms with Crippen LogP contribution in [0.1, 0.15) is 35.7 Å². The molecule has 1 atom stereocenters. The molecule has 0 radical (unpaired) electrons. The Hall–Kier alpha value is -2.17. The number of aromatic nitrogens is 1. The van der Waals surface area contributed by atoms with Crippen molar-refractivity contribution in [3.05, 3.63) is 47.2 Å². The fraction of sp³-hybridized carbons (Fsp3) is 0.286. The minimum absolute atomic E-state index is 0.0196. The Morgan fingerprint density at radius 2 is 2.10 bits per heavy atom. The highest BCUT2D eigenvalue weighted by Crippen LogP contribution is 2.23. The highest BCUT2D eigenvalue weighted by molar-refractivity contribution is 7.89. The second-order valence-corrected chi connectivity index (χ2v) is 6.42. The summed E-state index contributed by atoms with van der Waals surface area (Å²) in [6, 6.07) is 5.94. The lowest BCUT2D eigenvalue weighted by molar-refractivity contribution is 0.496. The number of nitrogens with one attached hydrogen (secondary N) is 1. The lowest BCUT2D eigenvalue weighted by Gasteiger charge is -2.13. The molecular weight excluding hydrogens is 290 g/mol. The molecule has 2 aromatic heterocycles. The predicted octanol–water partition coefficient (Wildman–Crippen LogP) is 2.20. The average molecular weight is 305 g/mol. The summed E-state index contributed by atoms with van der Waals surface area (Å²) in [5, 5.41) is 8.67. The van der Waals surface area contributed by atoms with Crippen LogP contribution < -0.4 is 4.72 Å². The average Bonchev–Trinajstić information content (AvgIpc) is 2.77. The molecule has 7 heteroatoms. The summed E-state index contributed by atoms with van der Waals surface area (Å²) >= 11 is 0. The third kappa shape index (κ3) is 3.29. The third-order valence-electron chi connectivity index (χ3n) is 3.04. The lowest BCUT2D eigenvalue weighted by Crippen LogP contribution is -2.27. The summed E-state index contributed by atoms with van der Waals surface area (Å²) < 4.78 is 32.5. The topological polar surface area (TPSA) is 96.0 Å². The number of nitriles is 1. The Morgan fingerprint density at radius 3 is 2.57 bits per heavy atom. The van der Waals surface area contributed by atoms with Crippen molar-refractivity contribution in [1.82, 2.24) is 9.71 Å². The highest BCUT2D eigenvalue weighted by Gasteiger charge is 2.21. The molecule has 0 saturated heterocycles. The van der Waals surface area contributed by atoms with Gasteiger partial charge in [0.15, 0.2) is 0 Å². The molecule has 0 aliphatic rings. The molecule has 2 aromatic rings. The van der Waals surface area contributed by atoms with Crippen molar-refractivity contribution in [2.75, 3.05) is 0 Å². The minimum Gasteiger partial charge on any atom is -0.466 e. The first-order valence-corrected chi connectivity index (χ1v) is 7.77. The first-order chi connectivity index (χ1) is 9.83. The second kappa shape index (κ2) is 5.68. The number of nitrogens with zero attached hydrogens (tertiary/aromatic N) is 2. The van der Waals surface area contributed by atoms with E-state index >= 15 is 0 Å². The van der Waals surface area contributed by atoms with E-state index in [0.717, 1.165) is 11.3 Å². The van der Waals surface area contributed by atoms with Crippen molar-refractivity contribution in [1.29, 1.82) is 5.26 Å². The van der Waals surface area contributed by atoms with Gasteiger partial charge in [0.2, 0.25) is 10.0 Å². The molecule has 0 fully saturated rings. The van der Waals surface area contributed by atoms with Gasteiger partial charge in [-0.15, -0.1) is 0 Å². The lowest BCUT2D eigenvalue weighted by atomic mass is 10.1. The molecule has 0 bridgehead atoms. The van der Waals surface area contributed by atoms with Gasteiger partial charge in [0.1, 0.15) is 28.2 Å². The molecule has 0 aliphatic carbocycles. The van der Waals surface area contributed by atoms with Crippen molar-refractivity contribution >= 4 is 10.0 Å². The zero-order chi connectivity index (χ0) is 15.6. The zero-order valence-corrected chi connectivity index (χ0v) is 12.7. The molecule has 0 saturated carbocycles. The molecule has 2 heterocycles. The molecule has 6 nitrogen and oxygen atoms in total. The van der Waals surface area contributed by atoms with Gasteiger partial charge in [-0.05, 0) is 39.0 Å². The van der Waals surface area contributed by atoms with Gasteiger partial charge < -0.3 is 4.42 Å². The number of furan rings is 1. The standard InChI is InChI=1S/C14H15N3O3S/c1-9-6-14(11(3)20-9)10(2)17-21(18,19)13-5-4-12(7-15)16-8-13/h4-6,8,10,17H,1-3H3. The number of hydrogen-bond acceptors (Lipinski definition) is 5. The van der Waals surface area contributed by atoms with Crippen LogP contribution in [0, 0.1) is 25.2 Å². The number of pyridine rings is 1. The predicted molar refractivity (Wildman–Crippen MR) is 75.9 cm³/mol. The van der Waals surface area contributed by atoms with E-state index in [2.05, 4.69) is 9.71 Å². The van der Waals surface area contributed by atoms with Crippen LogP contribution in [-0.4, -0.2) is 13.4 Å². The maximum absolute atomic E-state index is 12.3. The summed E-state index contributed by atoms with van der Waals surface area (Å²) in [4.78, 5) is 3.79. The summed E-state index contributed by atoms with van der Waals surface area (Å²) in [5.41, 5.74) is 0.959. The first-order valence-electron chi connectivity index (χ1n) is 6.29. The maximum atomic E-state index is 12.3. The van der Waals surface area contributed by atoms with Crippen LogP contribution in [0.3, 0.4) is 0 Å². The quantitative estimate of drug-likeness (QED) is 0.934. The zero-order valence-electron chi connectivity index (χ0n) is 11.9. The highest BCUT2D eigenvalue weighted by atomic mass is 32.2. The van der Waals surface area contributed by atoms with Gasteiger partial charge in [-0.2, -0.15) is 5.26 Å². The Kier molecular flexibility index (Phi) is 4.11. The fourth-order valence-electron chi connectivity index (χ4n) is 2.05. The monoisotopic (exact) mass is 305 g/mol. The van der Waals surface area contributed by atoms with Crippen molar-refractivity contribution in [2.24, 2.45) is 0 Å². The Bertz CT molecular complexity index is 786. The molecule has 21 heavy (non-hydrogen) atoms. The molecule has 0 amide bonds. The van der Waals surface area contributed by atoms with Crippen molar-refractivity contribution in [3.63, 3.8) is 0 Å². The number of rotatable bonds is 4. The van der Waals surface area contributed by atoms with Gasteiger partial charge in [-0.1, -0.05) is 0 Å². The molecule has 110 valence electrons. The largest absolute Gasteiger partial charge is 0.466 e. The molecule has 1 unspecified atom stereocenters. The normalized spacial score (nSPS) is 12.9. The maximum Gasteiger partial charge on any atom is 0.242 e. The number of hydrogen-bond donors (Lipinski definition) is 1. The van der Waals surface area contributed by atoms with Crippen molar-refractivity contribution in [2.45, 2.75) is 31.7 Å². The molecular formula is C14H15N3O3S. The van der Waals surface area contributed by atoms with Crippen LogP contribution in [0.2, 0.25) is 0 Å². The molecule has 0 aliphatic heterocycles. The van der Waals surface area contributed by atoms with Gasteiger partial charge in [-0.3, -0.25) is 0 Å². The summed E-state index contributed by atoms with van der Waals surface area (Å²) in [6.07, 6.45) is 1.17. The fourth-order valence-corrected chi connectivity index (χ4v) is 3.22. The Labute approximate surface area is 123 Å². The van der Waals surface area contributed by atoms with Gasteiger partial charge in [0, 0.05) is 17.8 Å². The van der Waals surface area contributed by atoms with E-state index in [1.165, 1.54) is 18.3 Å². The van der Waals surface area contributed by atoms with Crippen LogP contribution >= 0.6 is 0 Å². The summed E-state index contributed by atoms with van der Waals surface area (Å²) in [6.45, 7) is 5.34. The molecule has 0 aromatic carbocycles. The van der Waals surface area contributed by atoms with E-state index in [0.29, 0.717) is 5.76 Å².